The lowest BCUT2D eigenvalue weighted by Crippen LogP contribution is -2.51. The number of rotatable bonds is 5. The molecule has 1 fully saturated rings. The van der Waals surface area contributed by atoms with E-state index in [1.807, 2.05) is 0 Å². The zero-order valence-corrected chi connectivity index (χ0v) is 13.6. The van der Waals surface area contributed by atoms with E-state index in [0.29, 0.717) is 30.6 Å². The van der Waals surface area contributed by atoms with Gasteiger partial charge in [-0.3, -0.25) is 9.59 Å². The number of amides is 2. The number of piperidine rings is 1. The van der Waals surface area contributed by atoms with E-state index in [9.17, 15) is 14.0 Å². The van der Waals surface area contributed by atoms with Crippen LogP contribution in [0.3, 0.4) is 0 Å². The van der Waals surface area contributed by atoms with Gasteiger partial charge < -0.3 is 15.4 Å². The van der Waals surface area contributed by atoms with Crippen LogP contribution in [0.2, 0.25) is 0 Å². The number of nitrogens with two attached hydrogens (primary N) is 1. The highest BCUT2D eigenvalue weighted by atomic mass is 19.1. The summed E-state index contributed by atoms with van der Waals surface area (Å²) in [6, 6.07) is 4.50. The highest BCUT2D eigenvalue weighted by molar-refractivity contribution is 5.94. The van der Waals surface area contributed by atoms with Gasteiger partial charge in [0.2, 0.25) is 5.91 Å². The zero-order valence-electron chi connectivity index (χ0n) is 13.6. The van der Waals surface area contributed by atoms with E-state index >= 15 is 0 Å². The quantitative estimate of drug-likeness (QED) is 0.901. The van der Waals surface area contributed by atoms with Crippen LogP contribution in [0.5, 0.6) is 0 Å². The van der Waals surface area contributed by atoms with Crippen molar-refractivity contribution in [1.82, 2.24) is 4.90 Å². The zero-order chi connectivity index (χ0) is 17.0. The molecular weight excluding hydrogens is 299 g/mol. The Labute approximate surface area is 135 Å². The fourth-order valence-electron chi connectivity index (χ4n) is 3.00. The Balaban J connectivity index is 2.14. The number of hydrogen-bond donors (Lipinski definition) is 1. The van der Waals surface area contributed by atoms with Crippen molar-refractivity contribution in [2.45, 2.75) is 38.2 Å². The summed E-state index contributed by atoms with van der Waals surface area (Å²) in [5.74, 6) is -0.992. The molecule has 0 aliphatic carbocycles. The van der Waals surface area contributed by atoms with E-state index in [1.165, 1.54) is 6.07 Å². The van der Waals surface area contributed by atoms with Crippen molar-refractivity contribution in [3.63, 3.8) is 0 Å². The molecule has 0 bridgehead atoms. The molecule has 1 aliphatic heterocycles. The molecule has 1 aromatic carbocycles. The smallest absolute Gasteiger partial charge is 0.254 e. The third-order valence-corrected chi connectivity index (χ3v) is 4.51. The first kappa shape index (κ1) is 17.4. The van der Waals surface area contributed by atoms with Gasteiger partial charge >= 0.3 is 0 Å². The molecule has 23 heavy (non-hydrogen) atoms. The summed E-state index contributed by atoms with van der Waals surface area (Å²) in [6.45, 7) is 2.63. The van der Waals surface area contributed by atoms with E-state index in [2.05, 4.69) is 0 Å². The van der Waals surface area contributed by atoms with Crippen molar-refractivity contribution in [2.75, 3.05) is 20.2 Å². The number of aryl methyl sites for hydroxylation is 1. The van der Waals surface area contributed by atoms with Crippen molar-refractivity contribution in [1.29, 1.82) is 0 Å². The minimum Gasteiger partial charge on any atom is -0.376 e. The molecule has 2 rings (SSSR count). The van der Waals surface area contributed by atoms with Crippen molar-refractivity contribution in [3.05, 3.63) is 35.1 Å². The molecule has 6 heteroatoms. The minimum atomic E-state index is -0.563. The average molecular weight is 322 g/mol. The third-order valence-electron chi connectivity index (χ3n) is 4.51. The van der Waals surface area contributed by atoms with Gasteiger partial charge in [-0.15, -0.1) is 0 Å². The number of likely N-dealkylation sites (tertiary alicyclic amines) is 1. The highest BCUT2D eigenvalue weighted by Gasteiger charge is 2.37. The first-order valence-electron chi connectivity index (χ1n) is 7.76. The van der Waals surface area contributed by atoms with E-state index in [0.717, 1.165) is 12.8 Å². The predicted octanol–water partition coefficient (Wildman–Crippen LogP) is 2.02. The fourth-order valence-corrected chi connectivity index (χ4v) is 3.00. The summed E-state index contributed by atoms with van der Waals surface area (Å²) in [5.41, 5.74) is 5.50. The summed E-state index contributed by atoms with van der Waals surface area (Å²) in [5, 5.41) is 0. The van der Waals surface area contributed by atoms with Crippen LogP contribution in [0, 0.1) is 12.7 Å². The molecule has 1 aromatic rings. The second kappa shape index (κ2) is 7.08. The van der Waals surface area contributed by atoms with Gasteiger partial charge in [0.15, 0.2) is 0 Å². The average Bonchev–Trinajstić information content (AvgIpc) is 2.55. The van der Waals surface area contributed by atoms with Crippen LogP contribution in [-0.2, 0) is 9.53 Å². The number of hydrogen-bond acceptors (Lipinski definition) is 3. The summed E-state index contributed by atoms with van der Waals surface area (Å²) in [6.07, 6.45) is 2.23. The van der Waals surface area contributed by atoms with Gasteiger partial charge in [-0.2, -0.15) is 0 Å². The summed E-state index contributed by atoms with van der Waals surface area (Å²) >= 11 is 0. The molecular formula is C17H23FN2O3. The van der Waals surface area contributed by atoms with E-state index in [-0.39, 0.29) is 24.1 Å². The molecule has 0 aromatic heterocycles. The summed E-state index contributed by atoms with van der Waals surface area (Å²) in [4.78, 5) is 25.3. The standard InChI is InChI=1S/C17H23FN2O3/c1-12-4-5-13(10-14(12)18)16(22)20-9-3-7-17(11-20,23-2)8-6-15(19)21/h4-5,10H,3,6-9,11H2,1-2H3,(H2,19,21)/t17-/m0/s1. The molecule has 2 amide bonds. The van der Waals surface area contributed by atoms with E-state index in [1.54, 1.807) is 31.1 Å². The maximum absolute atomic E-state index is 13.7. The van der Waals surface area contributed by atoms with E-state index in [4.69, 9.17) is 10.5 Å². The first-order chi connectivity index (χ1) is 10.9. The van der Waals surface area contributed by atoms with Gasteiger partial charge in [0.1, 0.15) is 5.82 Å². The second-order valence-electron chi connectivity index (χ2n) is 6.15. The van der Waals surface area contributed by atoms with Crippen LogP contribution in [0.15, 0.2) is 18.2 Å². The number of carbonyl (C=O) groups is 2. The van der Waals surface area contributed by atoms with Gasteiger partial charge in [0.05, 0.1) is 5.60 Å². The molecule has 1 saturated heterocycles. The van der Waals surface area contributed by atoms with Gasteiger partial charge in [-0.25, -0.2) is 4.39 Å². The number of primary amides is 1. The largest absolute Gasteiger partial charge is 0.376 e. The number of methoxy groups -OCH3 is 1. The van der Waals surface area contributed by atoms with Crippen LogP contribution in [0.4, 0.5) is 4.39 Å². The molecule has 126 valence electrons. The molecule has 0 radical (unpaired) electrons. The number of carbonyl (C=O) groups excluding carboxylic acids is 2. The molecule has 1 aliphatic rings. The topological polar surface area (TPSA) is 72.6 Å². The van der Waals surface area contributed by atoms with Crippen molar-refractivity contribution < 1.29 is 18.7 Å². The van der Waals surface area contributed by atoms with Gasteiger partial charge in [0, 0.05) is 32.2 Å². The van der Waals surface area contributed by atoms with Crippen molar-refractivity contribution >= 4 is 11.8 Å². The lowest BCUT2D eigenvalue weighted by Gasteiger charge is -2.42. The lowest BCUT2D eigenvalue weighted by atomic mass is 9.87. The third kappa shape index (κ3) is 4.07. The second-order valence-corrected chi connectivity index (χ2v) is 6.15. The molecule has 5 nitrogen and oxygen atoms in total. The van der Waals surface area contributed by atoms with Crippen LogP contribution in [0.1, 0.15) is 41.6 Å². The normalized spacial score (nSPS) is 21.3. The van der Waals surface area contributed by atoms with Gasteiger partial charge in [0.25, 0.3) is 5.91 Å². The van der Waals surface area contributed by atoms with Crippen molar-refractivity contribution in [3.8, 4) is 0 Å². The molecule has 2 N–H and O–H groups in total. The summed E-state index contributed by atoms with van der Waals surface area (Å²) in [7, 11) is 1.58. The first-order valence-corrected chi connectivity index (χ1v) is 7.76. The Hall–Kier alpha value is -1.95. The molecule has 1 atom stereocenters. The van der Waals surface area contributed by atoms with Gasteiger partial charge in [-0.1, -0.05) is 6.07 Å². The number of ether oxygens (including phenoxy) is 1. The lowest BCUT2D eigenvalue weighted by molar-refractivity contribution is -0.121. The summed E-state index contributed by atoms with van der Waals surface area (Å²) < 4.78 is 19.3. The molecule has 0 spiro atoms. The Morgan fingerprint density at radius 1 is 1.43 bits per heavy atom. The molecule has 0 saturated carbocycles. The van der Waals surface area contributed by atoms with Crippen LogP contribution in [-0.4, -0.2) is 42.5 Å². The van der Waals surface area contributed by atoms with E-state index < -0.39 is 5.60 Å². The molecule has 0 unspecified atom stereocenters. The maximum Gasteiger partial charge on any atom is 0.254 e. The highest BCUT2D eigenvalue weighted by Crippen LogP contribution is 2.30. The Kier molecular flexibility index (Phi) is 5.36. The number of benzene rings is 1. The minimum absolute atomic E-state index is 0.217. The SMILES string of the molecule is CO[C@]1(CCC(N)=O)CCCN(C(=O)c2ccc(C)c(F)c2)C1. The van der Waals surface area contributed by atoms with Crippen molar-refractivity contribution in [2.24, 2.45) is 5.73 Å². The fraction of sp³-hybridized carbons (Fsp3) is 0.529. The Morgan fingerprint density at radius 3 is 2.78 bits per heavy atom. The van der Waals surface area contributed by atoms with Crippen LogP contribution < -0.4 is 5.73 Å². The predicted molar refractivity (Wildman–Crippen MR) is 84.4 cm³/mol. The number of nitrogens with zero attached hydrogens (tertiary/aromatic N) is 1. The Bertz CT molecular complexity index is 606. The monoisotopic (exact) mass is 322 g/mol. The van der Waals surface area contributed by atoms with Crippen LogP contribution in [0.25, 0.3) is 0 Å². The number of halogens is 1. The molecule has 1 heterocycles. The maximum atomic E-state index is 13.7. The van der Waals surface area contributed by atoms with Crippen LogP contribution >= 0.6 is 0 Å². The Morgan fingerprint density at radius 2 is 2.17 bits per heavy atom. The van der Waals surface area contributed by atoms with Gasteiger partial charge in [-0.05, 0) is 43.9 Å².